The summed E-state index contributed by atoms with van der Waals surface area (Å²) in [6.07, 6.45) is 0. The maximum atomic E-state index is 10.00. The third-order valence-electron chi connectivity index (χ3n) is 4.08. The van der Waals surface area contributed by atoms with Crippen LogP contribution < -0.4 is 5.32 Å². The highest BCUT2D eigenvalue weighted by Crippen LogP contribution is 2.17. The minimum atomic E-state index is 0.323. The van der Waals surface area contributed by atoms with E-state index >= 15 is 0 Å². The SMILES string of the molecule is Oc1ccccc1CN1CCOCCOCCNCCOCCOCC1. The Hall–Kier alpha value is -1.22. The number of rotatable bonds is 2. The Kier molecular flexibility index (Phi) is 11.3. The monoisotopic (exact) mass is 368 g/mol. The molecule has 1 aliphatic heterocycles. The van der Waals surface area contributed by atoms with Crippen molar-refractivity contribution in [2.24, 2.45) is 0 Å². The van der Waals surface area contributed by atoms with Gasteiger partial charge in [0.25, 0.3) is 0 Å². The molecule has 1 aromatic rings. The van der Waals surface area contributed by atoms with E-state index in [1.165, 1.54) is 0 Å². The van der Waals surface area contributed by atoms with Gasteiger partial charge in [0.2, 0.25) is 0 Å². The van der Waals surface area contributed by atoms with Gasteiger partial charge in [0.15, 0.2) is 0 Å². The summed E-state index contributed by atoms with van der Waals surface area (Å²) in [6, 6.07) is 7.43. The first kappa shape index (κ1) is 21.1. The average molecular weight is 368 g/mol. The molecule has 0 radical (unpaired) electrons. The van der Waals surface area contributed by atoms with E-state index in [4.69, 9.17) is 18.9 Å². The third kappa shape index (κ3) is 9.47. The Balaban J connectivity index is 1.78. The Bertz CT molecular complexity index is 457. The summed E-state index contributed by atoms with van der Waals surface area (Å²) in [5.74, 6) is 0.323. The second kappa shape index (κ2) is 13.9. The van der Waals surface area contributed by atoms with E-state index in [0.29, 0.717) is 65.1 Å². The van der Waals surface area contributed by atoms with Crippen LogP contribution in [0.1, 0.15) is 5.56 Å². The quantitative estimate of drug-likeness (QED) is 0.802. The molecule has 0 aliphatic carbocycles. The molecule has 1 saturated heterocycles. The number of hydrogen-bond donors (Lipinski definition) is 2. The van der Waals surface area contributed by atoms with Gasteiger partial charge >= 0.3 is 0 Å². The molecule has 148 valence electrons. The molecule has 0 unspecified atom stereocenters. The number of nitrogens with one attached hydrogen (secondary N) is 1. The van der Waals surface area contributed by atoms with Crippen molar-refractivity contribution in [1.29, 1.82) is 0 Å². The number of hydrogen-bond acceptors (Lipinski definition) is 7. The fraction of sp³-hybridized carbons (Fsp3) is 0.684. The lowest BCUT2D eigenvalue weighted by Crippen LogP contribution is -2.31. The minimum Gasteiger partial charge on any atom is -0.508 e. The molecular weight excluding hydrogens is 336 g/mol. The predicted octanol–water partition coefficient (Wildman–Crippen LogP) is 0.864. The van der Waals surface area contributed by atoms with Crippen LogP contribution in [0.2, 0.25) is 0 Å². The van der Waals surface area contributed by atoms with Crippen molar-refractivity contribution in [2.75, 3.05) is 79.0 Å². The number of para-hydroxylation sites is 1. The standard InChI is InChI=1S/C19H32N2O5/c22-19-4-2-1-3-18(19)17-21-7-11-25-15-13-23-9-5-20-6-10-24-14-16-26-12-8-21/h1-4,20,22H,5-17H2. The summed E-state index contributed by atoms with van der Waals surface area (Å²) in [6.45, 7) is 8.80. The Morgan fingerprint density at radius 3 is 1.88 bits per heavy atom. The molecule has 1 heterocycles. The number of nitrogens with zero attached hydrogens (tertiary/aromatic N) is 1. The molecule has 7 nitrogen and oxygen atoms in total. The number of aromatic hydroxyl groups is 1. The molecule has 1 fully saturated rings. The van der Waals surface area contributed by atoms with Gasteiger partial charge in [-0.05, 0) is 6.07 Å². The van der Waals surface area contributed by atoms with Crippen LogP contribution >= 0.6 is 0 Å². The van der Waals surface area contributed by atoms with E-state index in [-0.39, 0.29) is 0 Å². The first-order chi connectivity index (χ1) is 12.9. The van der Waals surface area contributed by atoms with Gasteiger partial charge in [0, 0.05) is 38.3 Å². The van der Waals surface area contributed by atoms with Gasteiger partial charge in [-0.15, -0.1) is 0 Å². The first-order valence-electron chi connectivity index (χ1n) is 9.37. The number of benzene rings is 1. The highest BCUT2D eigenvalue weighted by atomic mass is 16.5. The van der Waals surface area contributed by atoms with Crippen molar-refractivity contribution in [3.63, 3.8) is 0 Å². The molecule has 1 aromatic carbocycles. The maximum Gasteiger partial charge on any atom is 0.120 e. The molecule has 7 heteroatoms. The topological polar surface area (TPSA) is 72.4 Å². The summed E-state index contributed by atoms with van der Waals surface area (Å²) >= 11 is 0. The summed E-state index contributed by atoms with van der Waals surface area (Å²) in [5, 5.41) is 13.3. The molecule has 0 amide bonds. The Labute approximate surface area is 156 Å². The van der Waals surface area contributed by atoms with Crippen LogP contribution in [0.4, 0.5) is 0 Å². The van der Waals surface area contributed by atoms with Gasteiger partial charge in [-0.1, -0.05) is 18.2 Å². The van der Waals surface area contributed by atoms with E-state index in [1.54, 1.807) is 6.07 Å². The lowest BCUT2D eigenvalue weighted by Gasteiger charge is -2.23. The maximum absolute atomic E-state index is 10.00. The smallest absolute Gasteiger partial charge is 0.120 e. The third-order valence-corrected chi connectivity index (χ3v) is 4.08. The van der Waals surface area contributed by atoms with Gasteiger partial charge in [-0.2, -0.15) is 0 Å². The van der Waals surface area contributed by atoms with Crippen LogP contribution in [0, 0.1) is 0 Å². The van der Waals surface area contributed by atoms with Gasteiger partial charge in [-0.25, -0.2) is 0 Å². The summed E-state index contributed by atoms with van der Waals surface area (Å²) < 4.78 is 22.4. The molecule has 2 N–H and O–H groups in total. The summed E-state index contributed by atoms with van der Waals surface area (Å²) in [5.41, 5.74) is 0.911. The van der Waals surface area contributed by atoms with Crippen LogP contribution in [-0.4, -0.2) is 89.0 Å². The van der Waals surface area contributed by atoms with Crippen LogP contribution in [0.3, 0.4) is 0 Å². The van der Waals surface area contributed by atoms with Crippen molar-refractivity contribution in [3.8, 4) is 5.75 Å². The Morgan fingerprint density at radius 2 is 1.31 bits per heavy atom. The number of phenols is 1. The normalized spacial score (nSPS) is 20.9. The van der Waals surface area contributed by atoms with Gasteiger partial charge in [0.1, 0.15) is 5.75 Å². The number of phenolic OH excluding ortho intramolecular Hbond substituents is 1. The van der Waals surface area contributed by atoms with Crippen molar-refractivity contribution in [3.05, 3.63) is 29.8 Å². The molecular formula is C19H32N2O5. The molecule has 0 bridgehead atoms. The first-order valence-corrected chi connectivity index (χ1v) is 9.37. The fourth-order valence-corrected chi connectivity index (χ4v) is 2.60. The fourth-order valence-electron chi connectivity index (χ4n) is 2.60. The molecule has 26 heavy (non-hydrogen) atoms. The van der Waals surface area contributed by atoms with Gasteiger partial charge in [-0.3, -0.25) is 4.90 Å². The van der Waals surface area contributed by atoms with E-state index < -0.39 is 0 Å². The molecule has 1 aliphatic rings. The average Bonchev–Trinajstić information content (AvgIpc) is 2.65. The highest BCUT2D eigenvalue weighted by Gasteiger charge is 2.09. The zero-order valence-electron chi connectivity index (χ0n) is 15.5. The largest absolute Gasteiger partial charge is 0.508 e. The molecule has 0 aromatic heterocycles. The Morgan fingerprint density at radius 1 is 0.769 bits per heavy atom. The van der Waals surface area contributed by atoms with E-state index in [2.05, 4.69) is 10.2 Å². The molecule has 0 atom stereocenters. The van der Waals surface area contributed by atoms with Crippen LogP contribution in [0.25, 0.3) is 0 Å². The lowest BCUT2D eigenvalue weighted by atomic mass is 10.2. The van der Waals surface area contributed by atoms with Crippen LogP contribution in [-0.2, 0) is 25.5 Å². The summed E-state index contributed by atoms with van der Waals surface area (Å²) in [7, 11) is 0. The second-order valence-electron chi connectivity index (χ2n) is 6.10. The van der Waals surface area contributed by atoms with Crippen molar-refractivity contribution in [1.82, 2.24) is 10.2 Å². The van der Waals surface area contributed by atoms with Crippen molar-refractivity contribution in [2.45, 2.75) is 6.54 Å². The number of ether oxygens (including phenoxy) is 4. The molecule has 0 spiro atoms. The highest BCUT2D eigenvalue weighted by molar-refractivity contribution is 5.31. The van der Waals surface area contributed by atoms with E-state index in [0.717, 1.165) is 31.7 Å². The van der Waals surface area contributed by atoms with Crippen molar-refractivity contribution >= 4 is 0 Å². The molecule has 0 saturated carbocycles. The lowest BCUT2D eigenvalue weighted by molar-refractivity contribution is 0.0193. The predicted molar refractivity (Wildman–Crippen MR) is 99.5 cm³/mol. The molecule has 2 rings (SSSR count). The van der Waals surface area contributed by atoms with Gasteiger partial charge < -0.3 is 29.4 Å². The van der Waals surface area contributed by atoms with Crippen LogP contribution in [0.5, 0.6) is 5.75 Å². The summed E-state index contributed by atoms with van der Waals surface area (Å²) in [4.78, 5) is 2.23. The van der Waals surface area contributed by atoms with Crippen LogP contribution in [0.15, 0.2) is 24.3 Å². The van der Waals surface area contributed by atoms with Gasteiger partial charge in [0.05, 0.1) is 52.9 Å². The second-order valence-corrected chi connectivity index (χ2v) is 6.10. The van der Waals surface area contributed by atoms with Crippen molar-refractivity contribution < 1.29 is 24.1 Å². The zero-order chi connectivity index (χ0) is 18.3. The minimum absolute atomic E-state index is 0.323. The van der Waals surface area contributed by atoms with E-state index in [9.17, 15) is 5.11 Å². The zero-order valence-corrected chi connectivity index (χ0v) is 15.5. The van der Waals surface area contributed by atoms with E-state index in [1.807, 2.05) is 18.2 Å².